The molecule has 0 saturated heterocycles. The number of unbranched alkanes of at least 4 members (excludes halogenated alkanes) is 2. The summed E-state index contributed by atoms with van der Waals surface area (Å²) < 4.78 is 0. The van der Waals surface area contributed by atoms with E-state index in [2.05, 4.69) is 4.90 Å². The van der Waals surface area contributed by atoms with Crippen molar-refractivity contribution in [1.29, 1.82) is 0 Å². The summed E-state index contributed by atoms with van der Waals surface area (Å²) in [6.07, 6.45) is 2.82. The van der Waals surface area contributed by atoms with Crippen LogP contribution in [-0.4, -0.2) is 48.0 Å². The van der Waals surface area contributed by atoms with Gasteiger partial charge in [0.05, 0.1) is 6.10 Å². The predicted octanol–water partition coefficient (Wildman–Crippen LogP) is 0.462. The van der Waals surface area contributed by atoms with Crippen LogP contribution in [0.5, 0.6) is 0 Å². The molecule has 74 valence electrons. The van der Waals surface area contributed by atoms with Crippen LogP contribution in [0.2, 0.25) is 0 Å². The van der Waals surface area contributed by atoms with Gasteiger partial charge in [-0.3, -0.25) is 0 Å². The first kappa shape index (κ1) is 11.9. The van der Waals surface area contributed by atoms with Gasteiger partial charge in [0.1, 0.15) is 0 Å². The van der Waals surface area contributed by atoms with Crippen LogP contribution >= 0.6 is 0 Å². The van der Waals surface area contributed by atoms with Gasteiger partial charge < -0.3 is 15.1 Å². The molecule has 0 amide bonds. The Labute approximate surface area is 75.0 Å². The Morgan fingerprint density at radius 3 is 2.42 bits per heavy atom. The van der Waals surface area contributed by atoms with E-state index >= 15 is 0 Å². The van der Waals surface area contributed by atoms with E-state index in [1.54, 1.807) is 6.92 Å². The fourth-order valence-corrected chi connectivity index (χ4v) is 1.21. The minimum absolute atomic E-state index is 0.243. The van der Waals surface area contributed by atoms with Crippen LogP contribution in [0, 0.1) is 0 Å². The summed E-state index contributed by atoms with van der Waals surface area (Å²) in [5.41, 5.74) is 0. The second kappa shape index (κ2) is 7.53. The van der Waals surface area contributed by atoms with Crippen LogP contribution in [0.4, 0.5) is 0 Å². The van der Waals surface area contributed by atoms with Crippen molar-refractivity contribution >= 4 is 0 Å². The third-order valence-electron chi connectivity index (χ3n) is 1.77. The molecule has 0 saturated carbocycles. The topological polar surface area (TPSA) is 43.7 Å². The van der Waals surface area contributed by atoms with E-state index in [-0.39, 0.29) is 6.10 Å². The normalized spacial score (nSPS) is 13.8. The molecule has 3 nitrogen and oxygen atoms in total. The maximum atomic E-state index is 9.04. The van der Waals surface area contributed by atoms with Gasteiger partial charge in [-0.05, 0) is 39.8 Å². The summed E-state index contributed by atoms with van der Waals surface area (Å²) in [7, 11) is 2.01. The van der Waals surface area contributed by atoms with E-state index in [9.17, 15) is 0 Å². The molecule has 0 spiro atoms. The summed E-state index contributed by atoms with van der Waals surface area (Å²) >= 11 is 0. The Hall–Kier alpha value is -0.120. The average Bonchev–Trinajstić information content (AvgIpc) is 1.97. The van der Waals surface area contributed by atoms with Crippen molar-refractivity contribution in [2.45, 2.75) is 32.3 Å². The number of aliphatic hydroxyl groups is 2. The quantitative estimate of drug-likeness (QED) is 0.553. The monoisotopic (exact) mass is 175 g/mol. The van der Waals surface area contributed by atoms with Crippen molar-refractivity contribution in [3.8, 4) is 0 Å². The van der Waals surface area contributed by atoms with E-state index in [0.717, 1.165) is 32.4 Å². The Bertz CT molecular complexity index is 96.5. The Morgan fingerprint density at radius 1 is 1.25 bits per heavy atom. The lowest BCUT2D eigenvalue weighted by atomic mass is 10.2. The Morgan fingerprint density at radius 2 is 1.92 bits per heavy atom. The molecule has 0 aliphatic rings. The highest BCUT2D eigenvalue weighted by Crippen LogP contribution is 1.97. The third-order valence-corrected chi connectivity index (χ3v) is 1.77. The van der Waals surface area contributed by atoms with Crippen molar-refractivity contribution in [3.63, 3.8) is 0 Å². The molecule has 0 aromatic rings. The Balaban J connectivity index is 3.14. The molecule has 0 aliphatic carbocycles. The SMILES string of the molecule is C[C@@H](O)CN(C)CCCCCO. The maximum Gasteiger partial charge on any atom is 0.0638 e. The van der Waals surface area contributed by atoms with Gasteiger partial charge in [-0.15, -0.1) is 0 Å². The summed E-state index contributed by atoms with van der Waals surface area (Å²) in [6.45, 7) is 3.83. The van der Waals surface area contributed by atoms with Crippen molar-refractivity contribution in [2.75, 3.05) is 26.7 Å². The minimum Gasteiger partial charge on any atom is -0.396 e. The number of likely N-dealkylation sites (N-methyl/N-ethyl adjacent to an activating group) is 1. The molecule has 0 unspecified atom stereocenters. The fourth-order valence-electron chi connectivity index (χ4n) is 1.21. The Kier molecular flexibility index (Phi) is 7.45. The van der Waals surface area contributed by atoms with E-state index in [0.29, 0.717) is 6.61 Å². The zero-order valence-corrected chi connectivity index (χ0v) is 8.16. The molecular weight excluding hydrogens is 154 g/mol. The third kappa shape index (κ3) is 7.98. The van der Waals surface area contributed by atoms with Crippen molar-refractivity contribution in [3.05, 3.63) is 0 Å². The molecule has 0 bridgehead atoms. The molecule has 3 heteroatoms. The lowest BCUT2D eigenvalue weighted by Crippen LogP contribution is -2.28. The predicted molar refractivity (Wildman–Crippen MR) is 50.1 cm³/mol. The summed E-state index contributed by atoms with van der Waals surface area (Å²) in [4.78, 5) is 2.11. The number of nitrogens with zero attached hydrogens (tertiary/aromatic N) is 1. The lowest BCUT2D eigenvalue weighted by molar-refractivity contribution is 0.140. The number of rotatable bonds is 7. The molecule has 12 heavy (non-hydrogen) atoms. The molecule has 0 aromatic carbocycles. The highest BCUT2D eigenvalue weighted by atomic mass is 16.3. The second-order valence-corrected chi connectivity index (χ2v) is 3.40. The largest absolute Gasteiger partial charge is 0.396 e. The molecular formula is C9H21NO2. The van der Waals surface area contributed by atoms with Gasteiger partial charge in [-0.1, -0.05) is 0 Å². The van der Waals surface area contributed by atoms with Gasteiger partial charge >= 0.3 is 0 Å². The fraction of sp³-hybridized carbons (Fsp3) is 1.00. The molecule has 0 fully saturated rings. The van der Waals surface area contributed by atoms with Crippen LogP contribution in [0.25, 0.3) is 0 Å². The summed E-state index contributed by atoms with van der Waals surface area (Å²) in [5.74, 6) is 0. The van der Waals surface area contributed by atoms with Gasteiger partial charge in [0.25, 0.3) is 0 Å². The average molecular weight is 175 g/mol. The zero-order chi connectivity index (χ0) is 9.40. The van der Waals surface area contributed by atoms with Gasteiger partial charge in [-0.2, -0.15) is 0 Å². The van der Waals surface area contributed by atoms with Crippen LogP contribution in [0.1, 0.15) is 26.2 Å². The van der Waals surface area contributed by atoms with Gasteiger partial charge in [0.2, 0.25) is 0 Å². The maximum absolute atomic E-state index is 9.04. The molecule has 0 radical (unpaired) electrons. The molecule has 0 aliphatic heterocycles. The first-order chi connectivity index (χ1) is 5.66. The van der Waals surface area contributed by atoms with E-state index < -0.39 is 0 Å². The van der Waals surface area contributed by atoms with E-state index in [4.69, 9.17) is 10.2 Å². The smallest absolute Gasteiger partial charge is 0.0638 e. The lowest BCUT2D eigenvalue weighted by Gasteiger charge is -2.17. The highest BCUT2D eigenvalue weighted by molar-refractivity contribution is 4.55. The highest BCUT2D eigenvalue weighted by Gasteiger charge is 2.01. The number of hydrogen-bond donors (Lipinski definition) is 2. The van der Waals surface area contributed by atoms with Crippen molar-refractivity contribution < 1.29 is 10.2 Å². The van der Waals surface area contributed by atoms with Crippen molar-refractivity contribution in [1.82, 2.24) is 4.90 Å². The first-order valence-corrected chi connectivity index (χ1v) is 4.64. The second-order valence-electron chi connectivity index (χ2n) is 3.40. The summed E-state index contributed by atoms with van der Waals surface area (Å²) in [6, 6.07) is 0. The number of hydrogen-bond acceptors (Lipinski definition) is 3. The zero-order valence-electron chi connectivity index (χ0n) is 8.16. The molecule has 0 heterocycles. The number of aliphatic hydroxyl groups excluding tert-OH is 2. The minimum atomic E-state index is -0.243. The molecule has 1 atom stereocenters. The van der Waals surface area contributed by atoms with E-state index in [1.807, 2.05) is 7.05 Å². The first-order valence-electron chi connectivity index (χ1n) is 4.64. The molecule has 2 N–H and O–H groups in total. The van der Waals surface area contributed by atoms with Crippen LogP contribution in [-0.2, 0) is 0 Å². The van der Waals surface area contributed by atoms with Gasteiger partial charge in [-0.25, -0.2) is 0 Å². The summed E-state index contributed by atoms with van der Waals surface area (Å²) in [5, 5.41) is 17.6. The van der Waals surface area contributed by atoms with Crippen LogP contribution in [0.3, 0.4) is 0 Å². The van der Waals surface area contributed by atoms with E-state index in [1.165, 1.54) is 0 Å². The molecule has 0 rings (SSSR count). The van der Waals surface area contributed by atoms with Crippen molar-refractivity contribution in [2.24, 2.45) is 0 Å². The standard InChI is InChI=1S/C9H21NO2/c1-9(12)8-10(2)6-4-3-5-7-11/h9,11-12H,3-8H2,1-2H3/t9-/m1/s1. The van der Waals surface area contributed by atoms with Gasteiger partial charge in [0, 0.05) is 13.2 Å². The van der Waals surface area contributed by atoms with Crippen LogP contribution in [0.15, 0.2) is 0 Å². The van der Waals surface area contributed by atoms with Gasteiger partial charge in [0.15, 0.2) is 0 Å². The van der Waals surface area contributed by atoms with Crippen LogP contribution < -0.4 is 0 Å². The molecule has 0 aromatic heterocycles.